The van der Waals surface area contributed by atoms with E-state index in [2.05, 4.69) is 0 Å². The van der Waals surface area contributed by atoms with Crippen LogP contribution in [0.3, 0.4) is 0 Å². The highest BCUT2D eigenvalue weighted by Gasteiger charge is 2.54. The Labute approximate surface area is 141 Å². The number of carbonyl (C=O) groups is 2. The normalized spacial score (nSPS) is 15.0. The zero-order chi connectivity index (χ0) is 17.2. The van der Waals surface area contributed by atoms with Crippen molar-refractivity contribution in [2.45, 2.75) is 38.4 Å². The third-order valence-electron chi connectivity index (χ3n) is 3.88. The van der Waals surface area contributed by atoms with Gasteiger partial charge in [-0.3, -0.25) is 4.79 Å². The van der Waals surface area contributed by atoms with Crippen molar-refractivity contribution in [2.24, 2.45) is 0 Å². The molecule has 0 atom stereocenters. The molecule has 24 heavy (non-hydrogen) atoms. The Morgan fingerprint density at radius 1 is 0.917 bits per heavy atom. The molecule has 0 heterocycles. The van der Waals surface area contributed by atoms with Crippen LogP contribution in [0, 0.1) is 0 Å². The lowest BCUT2D eigenvalue weighted by molar-refractivity contribution is -0.158. The molecule has 0 N–H and O–H groups in total. The Hall–Kier alpha value is -2.62. The van der Waals surface area contributed by atoms with Crippen LogP contribution in [0.1, 0.15) is 42.6 Å². The van der Waals surface area contributed by atoms with E-state index in [4.69, 9.17) is 9.47 Å². The fraction of sp³-hybridized carbons (Fsp3) is 0.300. The molecule has 2 aromatic rings. The standard InChI is InChI=1S/C20H20O4/c1-14(2)23-19(22)20(12-13-20)24-17-10-8-16(9-11-17)18(21)15-6-4-3-5-7-15/h3-11,14H,12-13H2,1-2H3. The molecule has 0 spiro atoms. The summed E-state index contributed by atoms with van der Waals surface area (Å²) < 4.78 is 11.1. The number of hydrogen-bond acceptors (Lipinski definition) is 4. The van der Waals surface area contributed by atoms with Gasteiger partial charge in [0.05, 0.1) is 6.10 Å². The quantitative estimate of drug-likeness (QED) is 0.599. The van der Waals surface area contributed by atoms with Gasteiger partial charge in [-0.2, -0.15) is 0 Å². The van der Waals surface area contributed by atoms with Crippen molar-refractivity contribution in [1.82, 2.24) is 0 Å². The van der Waals surface area contributed by atoms with Crippen LogP contribution in [0.5, 0.6) is 5.75 Å². The van der Waals surface area contributed by atoms with Gasteiger partial charge >= 0.3 is 5.97 Å². The zero-order valence-electron chi connectivity index (χ0n) is 13.8. The van der Waals surface area contributed by atoms with Gasteiger partial charge in [0, 0.05) is 24.0 Å². The minimum absolute atomic E-state index is 0.0393. The highest BCUT2D eigenvalue weighted by molar-refractivity contribution is 6.09. The Bertz CT molecular complexity index is 728. The number of hydrogen-bond donors (Lipinski definition) is 0. The van der Waals surface area contributed by atoms with E-state index in [0.717, 1.165) is 0 Å². The van der Waals surface area contributed by atoms with Crippen molar-refractivity contribution in [3.63, 3.8) is 0 Å². The molecule has 4 heteroatoms. The molecule has 1 fully saturated rings. The summed E-state index contributed by atoms with van der Waals surface area (Å²) in [6, 6.07) is 16.0. The number of ether oxygens (including phenoxy) is 2. The summed E-state index contributed by atoms with van der Waals surface area (Å²) >= 11 is 0. The predicted molar refractivity (Wildman–Crippen MR) is 90.1 cm³/mol. The number of carbonyl (C=O) groups excluding carboxylic acids is 2. The first-order valence-corrected chi connectivity index (χ1v) is 8.10. The summed E-state index contributed by atoms with van der Waals surface area (Å²) in [5.74, 6) is 0.210. The van der Waals surface area contributed by atoms with E-state index in [1.807, 2.05) is 32.0 Å². The smallest absolute Gasteiger partial charge is 0.350 e. The first kappa shape index (κ1) is 16.2. The number of rotatable bonds is 6. The van der Waals surface area contributed by atoms with Crippen LogP contribution < -0.4 is 4.74 Å². The fourth-order valence-electron chi connectivity index (χ4n) is 2.44. The molecule has 1 aliphatic rings. The van der Waals surface area contributed by atoms with Crippen molar-refractivity contribution in [1.29, 1.82) is 0 Å². The molecule has 4 nitrogen and oxygen atoms in total. The van der Waals surface area contributed by atoms with Gasteiger partial charge in [-0.05, 0) is 38.1 Å². The van der Waals surface area contributed by atoms with Gasteiger partial charge < -0.3 is 9.47 Å². The van der Waals surface area contributed by atoms with Crippen molar-refractivity contribution in [2.75, 3.05) is 0 Å². The summed E-state index contributed by atoms with van der Waals surface area (Å²) in [5, 5.41) is 0. The number of ketones is 1. The van der Waals surface area contributed by atoms with Crippen molar-refractivity contribution >= 4 is 11.8 Å². The van der Waals surface area contributed by atoms with Gasteiger partial charge in [-0.1, -0.05) is 30.3 Å². The van der Waals surface area contributed by atoms with E-state index in [1.165, 1.54) is 0 Å². The maximum Gasteiger partial charge on any atom is 0.350 e. The number of benzene rings is 2. The molecule has 0 radical (unpaired) electrons. The van der Waals surface area contributed by atoms with E-state index in [9.17, 15) is 9.59 Å². The molecule has 0 aromatic heterocycles. The fourth-order valence-corrected chi connectivity index (χ4v) is 2.44. The van der Waals surface area contributed by atoms with Crippen LogP contribution in [0.25, 0.3) is 0 Å². The molecule has 124 valence electrons. The van der Waals surface area contributed by atoms with Gasteiger partial charge in [0.25, 0.3) is 0 Å². The first-order chi connectivity index (χ1) is 11.5. The average molecular weight is 324 g/mol. The van der Waals surface area contributed by atoms with Gasteiger partial charge in [0.1, 0.15) is 5.75 Å². The van der Waals surface area contributed by atoms with E-state index in [1.54, 1.807) is 36.4 Å². The van der Waals surface area contributed by atoms with Gasteiger partial charge in [0.15, 0.2) is 5.78 Å². The van der Waals surface area contributed by atoms with Gasteiger partial charge in [-0.15, -0.1) is 0 Å². The molecule has 1 saturated carbocycles. The van der Waals surface area contributed by atoms with E-state index in [-0.39, 0.29) is 17.9 Å². The summed E-state index contributed by atoms with van der Waals surface area (Å²) in [5.41, 5.74) is 0.378. The second-order valence-electron chi connectivity index (χ2n) is 6.27. The largest absolute Gasteiger partial charge is 0.476 e. The summed E-state index contributed by atoms with van der Waals surface area (Å²) in [4.78, 5) is 24.5. The summed E-state index contributed by atoms with van der Waals surface area (Å²) in [7, 11) is 0. The Morgan fingerprint density at radius 3 is 2.04 bits per heavy atom. The lowest BCUT2D eigenvalue weighted by atomic mass is 10.0. The molecule has 0 aliphatic heterocycles. The second-order valence-corrected chi connectivity index (χ2v) is 6.27. The molecule has 2 aromatic carbocycles. The lowest BCUT2D eigenvalue weighted by Crippen LogP contribution is -2.33. The molecule has 1 aliphatic carbocycles. The lowest BCUT2D eigenvalue weighted by Gasteiger charge is -2.18. The Balaban J connectivity index is 1.69. The van der Waals surface area contributed by atoms with E-state index >= 15 is 0 Å². The Kier molecular flexibility index (Phi) is 4.38. The maximum absolute atomic E-state index is 12.4. The third kappa shape index (κ3) is 3.48. The van der Waals surface area contributed by atoms with Crippen LogP contribution in [0.15, 0.2) is 54.6 Å². The topological polar surface area (TPSA) is 52.6 Å². The molecule has 3 rings (SSSR count). The highest BCUT2D eigenvalue weighted by atomic mass is 16.6. The van der Waals surface area contributed by atoms with Crippen molar-refractivity contribution < 1.29 is 19.1 Å². The van der Waals surface area contributed by atoms with Crippen LogP contribution in [-0.4, -0.2) is 23.5 Å². The van der Waals surface area contributed by atoms with E-state index in [0.29, 0.717) is 29.7 Å². The zero-order valence-corrected chi connectivity index (χ0v) is 13.8. The Morgan fingerprint density at radius 2 is 1.50 bits per heavy atom. The van der Waals surface area contributed by atoms with Crippen LogP contribution in [0.4, 0.5) is 0 Å². The van der Waals surface area contributed by atoms with Crippen LogP contribution >= 0.6 is 0 Å². The molecule has 0 amide bonds. The molecular weight excluding hydrogens is 304 g/mol. The van der Waals surface area contributed by atoms with Crippen LogP contribution in [-0.2, 0) is 9.53 Å². The highest BCUT2D eigenvalue weighted by Crippen LogP contribution is 2.41. The minimum Gasteiger partial charge on any atom is -0.476 e. The van der Waals surface area contributed by atoms with Crippen molar-refractivity contribution in [3.05, 3.63) is 65.7 Å². The SMILES string of the molecule is CC(C)OC(=O)C1(Oc2ccc(C(=O)c3ccccc3)cc2)CC1. The molecule has 0 bridgehead atoms. The third-order valence-corrected chi connectivity index (χ3v) is 3.88. The molecule has 0 unspecified atom stereocenters. The first-order valence-electron chi connectivity index (χ1n) is 8.10. The average Bonchev–Trinajstić information content (AvgIpc) is 3.36. The summed E-state index contributed by atoms with van der Waals surface area (Å²) in [6.45, 7) is 3.63. The predicted octanol–water partition coefficient (Wildman–Crippen LogP) is 3.78. The molecular formula is C20H20O4. The van der Waals surface area contributed by atoms with Crippen LogP contribution in [0.2, 0.25) is 0 Å². The van der Waals surface area contributed by atoms with E-state index < -0.39 is 5.60 Å². The second kappa shape index (κ2) is 6.48. The minimum atomic E-state index is -0.852. The van der Waals surface area contributed by atoms with Crippen molar-refractivity contribution in [3.8, 4) is 5.75 Å². The molecule has 0 saturated heterocycles. The monoisotopic (exact) mass is 324 g/mol. The maximum atomic E-state index is 12.4. The summed E-state index contributed by atoms with van der Waals surface area (Å²) in [6.07, 6.45) is 1.15. The van der Waals surface area contributed by atoms with Gasteiger partial charge in [0.2, 0.25) is 5.60 Å². The number of esters is 1. The van der Waals surface area contributed by atoms with Gasteiger partial charge in [-0.25, -0.2) is 4.79 Å².